The van der Waals surface area contributed by atoms with Crippen molar-refractivity contribution < 1.29 is 0 Å². The molecule has 1 heteroatoms. The largest absolute Gasteiger partial charge is 0.308 e. The van der Waals surface area contributed by atoms with E-state index < -0.39 is 0 Å². The lowest BCUT2D eigenvalue weighted by Gasteiger charge is -2.40. The van der Waals surface area contributed by atoms with Gasteiger partial charge in [-0.05, 0) is 31.1 Å². The van der Waals surface area contributed by atoms with Crippen molar-refractivity contribution >= 4 is 0 Å². The molecule has 0 amide bonds. The van der Waals surface area contributed by atoms with Gasteiger partial charge < -0.3 is 5.32 Å². The highest BCUT2D eigenvalue weighted by Crippen LogP contribution is 2.47. The number of rotatable bonds is 0. The molecule has 0 radical (unpaired) electrons. The van der Waals surface area contributed by atoms with Crippen molar-refractivity contribution in [3.8, 4) is 0 Å². The van der Waals surface area contributed by atoms with E-state index in [2.05, 4.69) is 26.1 Å². The smallest absolute Gasteiger partial charge is 0.0233 e. The van der Waals surface area contributed by atoms with E-state index >= 15 is 0 Å². The summed E-state index contributed by atoms with van der Waals surface area (Å²) in [6.07, 6.45) is 5.64. The number of hydrogen-bond donors (Lipinski definition) is 1. The van der Waals surface area contributed by atoms with E-state index in [-0.39, 0.29) is 0 Å². The summed E-state index contributed by atoms with van der Waals surface area (Å²) in [5, 5.41) is 3.78. The lowest BCUT2D eigenvalue weighted by atomic mass is 9.69. The molecule has 1 nitrogen and oxygen atoms in total. The van der Waals surface area contributed by atoms with Gasteiger partial charge in [0.1, 0.15) is 0 Å². The van der Waals surface area contributed by atoms with Gasteiger partial charge in [-0.1, -0.05) is 20.8 Å². The summed E-state index contributed by atoms with van der Waals surface area (Å²) in [5.74, 6) is 0. The van der Waals surface area contributed by atoms with Crippen molar-refractivity contribution in [2.45, 2.75) is 58.0 Å². The second-order valence-corrected chi connectivity index (χ2v) is 5.25. The highest BCUT2D eigenvalue weighted by atomic mass is 15.1. The van der Waals surface area contributed by atoms with Crippen LogP contribution < -0.4 is 5.32 Å². The molecule has 0 aromatic heterocycles. The van der Waals surface area contributed by atoms with E-state index in [1.807, 2.05) is 0 Å². The average molecular weight is 153 g/mol. The molecule has 0 aromatic carbocycles. The Hall–Kier alpha value is -0.0400. The highest BCUT2D eigenvalue weighted by molar-refractivity contribution is 5.09. The number of fused-ring (bicyclic) bond motifs is 2. The molecule has 2 aliphatic rings. The van der Waals surface area contributed by atoms with Crippen LogP contribution in [0.1, 0.15) is 46.5 Å². The summed E-state index contributed by atoms with van der Waals surface area (Å²) in [6.45, 7) is 7.11. The average Bonchev–Trinajstić information content (AvgIpc) is 2.42. The maximum Gasteiger partial charge on any atom is 0.0233 e. The van der Waals surface area contributed by atoms with Crippen LogP contribution in [0.3, 0.4) is 0 Å². The molecule has 0 aliphatic carbocycles. The van der Waals surface area contributed by atoms with E-state index in [9.17, 15) is 0 Å². The minimum atomic E-state index is 0.457. The Bertz CT molecular complexity index is 158. The van der Waals surface area contributed by atoms with E-state index in [0.717, 1.165) is 6.04 Å². The lowest BCUT2D eigenvalue weighted by molar-refractivity contribution is 0.167. The van der Waals surface area contributed by atoms with Crippen LogP contribution in [0, 0.1) is 5.41 Å². The second-order valence-electron chi connectivity index (χ2n) is 5.25. The van der Waals surface area contributed by atoms with E-state index in [0.29, 0.717) is 11.0 Å². The fourth-order valence-corrected chi connectivity index (χ4v) is 2.76. The molecule has 2 aliphatic heterocycles. The maximum absolute atomic E-state index is 3.78. The summed E-state index contributed by atoms with van der Waals surface area (Å²) in [5.41, 5.74) is 0.954. The maximum atomic E-state index is 3.78. The summed E-state index contributed by atoms with van der Waals surface area (Å²) in [6, 6.07) is 0.856. The van der Waals surface area contributed by atoms with Crippen molar-refractivity contribution in [1.29, 1.82) is 0 Å². The number of hydrogen-bond acceptors (Lipinski definition) is 1. The van der Waals surface area contributed by atoms with Gasteiger partial charge in [-0.25, -0.2) is 0 Å². The van der Waals surface area contributed by atoms with Crippen LogP contribution in [0.15, 0.2) is 0 Å². The van der Waals surface area contributed by atoms with Crippen molar-refractivity contribution in [2.75, 3.05) is 0 Å². The zero-order valence-corrected chi connectivity index (χ0v) is 7.91. The van der Waals surface area contributed by atoms with Gasteiger partial charge in [0.2, 0.25) is 0 Å². The van der Waals surface area contributed by atoms with Gasteiger partial charge in [0.25, 0.3) is 0 Å². The molecule has 0 aromatic rings. The summed E-state index contributed by atoms with van der Waals surface area (Å²) in [4.78, 5) is 0. The Balaban J connectivity index is 2.23. The first-order valence-electron chi connectivity index (χ1n) is 4.81. The van der Waals surface area contributed by atoms with Crippen LogP contribution in [0.4, 0.5) is 0 Å². The third-order valence-electron chi connectivity index (χ3n) is 3.76. The van der Waals surface area contributed by atoms with Gasteiger partial charge in [-0.2, -0.15) is 0 Å². The number of nitrogens with one attached hydrogen (secondary N) is 1. The van der Waals surface area contributed by atoms with Gasteiger partial charge in [-0.3, -0.25) is 0 Å². The van der Waals surface area contributed by atoms with Crippen molar-refractivity contribution in [2.24, 2.45) is 5.41 Å². The first-order chi connectivity index (χ1) is 5.04. The normalized spacial score (nSPS) is 43.4. The fourth-order valence-electron chi connectivity index (χ4n) is 2.76. The summed E-state index contributed by atoms with van der Waals surface area (Å²) in [7, 11) is 0. The van der Waals surface area contributed by atoms with E-state index in [4.69, 9.17) is 0 Å². The molecule has 2 fully saturated rings. The Labute approximate surface area is 69.6 Å². The minimum absolute atomic E-state index is 0.457. The predicted molar refractivity (Wildman–Crippen MR) is 47.6 cm³/mol. The summed E-state index contributed by atoms with van der Waals surface area (Å²) < 4.78 is 0. The highest BCUT2D eigenvalue weighted by Gasteiger charge is 2.50. The standard InChI is InChI=1S/C10H19N/c1-9(2,3)10-6-4-8(11-10)5-7-10/h8,11H,4-7H2,1-3H3. The van der Waals surface area contributed by atoms with Crippen LogP contribution in [-0.2, 0) is 0 Å². The van der Waals surface area contributed by atoms with Gasteiger partial charge >= 0.3 is 0 Å². The molecule has 2 bridgehead atoms. The second kappa shape index (κ2) is 2.01. The molecular formula is C10H19N. The topological polar surface area (TPSA) is 12.0 Å². The molecule has 2 heterocycles. The first-order valence-corrected chi connectivity index (χ1v) is 4.81. The molecule has 2 saturated heterocycles. The molecule has 0 spiro atoms. The Morgan fingerprint density at radius 3 is 1.91 bits per heavy atom. The van der Waals surface area contributed by atoms with Gasteiger partial charge in [0.05, 0.1) is 0 Å². The van der Waals surface area contributed by atoms with Crippen molar-refractivity contribution in [1.82, 2.24) is 5.32 Å². The molecule has 64 valence electrons. The van der Waals surface area contributed by atoms with Crippen molar-refractivity contribution in [3.05, 3.63) is 0 Å². The first kappa shape index (κ1) is 7.60. The molecule has 11 heavy (non-hydrogen) atoms. The van der Waals surface area contributed by atoms with Crippen LogP contribution in [0.2, 0.25) is 0 Å². The van der Waals surface area contributed by atoms with Gasteiger partial charge in [-0.15, -0.1) is 0 Å². The molecule has 0 unspecified atom stereocenters. The Morgan fingerprint density at radius 2 is 1.73 bits per heavy atom. The lowest BCUT2D eigenvalue weighted by Crippen LogP contribution is -2.48. The molecular weight excluding hydrogens is 134 g/mol. The molecule has 0 saturated carbocycles. The quantitative estimate of drug-likeness (QED) is 0.563. The van der Waals surface area contributed by atoms with Crippen molar-refractivity contribution in [3.63, 3.8) is 0 Å². The predicted octanol–water partition coefficient (Wildman–Crippen LogP) is 2.32. The molecule has 0 atom stereocenters. The third-order valence-corrected chi connectivity index (χ3v) is 3.76. The molecule has 1 N–H and O–H groups in total. The van der Waals surface area contributed by atoms with Gasteiger partial charge in [0, 0.05) is 11.6 Å². The van der Waals surface area contributed by atoms with Crippen LogP contribution >= 0.6 is 0 Å². The van der Waals surface area contributed by atoms with Crippen LogP contribution in [0.25, 0.3) is 0 Å². The Kier molecular flexibility index (Phi) is 1.39. The SMILES string of the molecule is CC(C)(C)C12CCC(CC1)N2. The van der Waals surface area contributed by atoms with Crippen LogP contribution in [0.5, 0.6) is 0 Å². The monoisotopic (exact) mass is 153 g/mol. The zero-order valence-electron chi connectivity index (χ0n) is 7.91. The van der Waals surface area contributed by atoms with Crippen LogP contribution in [-0.4, -0.2) is 11.6 Å². The van der Waals surface area contributed by atoms with Gasteiger partial charge in [0.15, 0.2) is 0 Å². The van der Waals surface area contributed by atoms with E-state index in [1.54, 1.807) is 0 Å². The third kappa shape index (κ3) is 0.936. The Morgan fingerprint density at radius 1 is 1.18 bits per heavy atom. The molecule has 2 rings (SSSR count). The fraction of sp³-hybridized carbons (Fsp3) is 1.00. The summed E-state index contributed by atoms with van der Waals surface area (Å²) >= 11 is 0. The van der Waals surface area contributed by atoms with E-state index in [1.165, 1.54) is 25.7 Å². The minimum Gasteiger partial charge on any atom is -0.308 e. The zero-order chi connectivity index (χ0) is 8.11.